The van der Waals surface area contributed by atoms with E-state index in [1.165, 1.54) is 12.7 Å². The van der Waals surface area contributed by atoms with Gasteiger partial charge in [0.15, 0.2) is 0 Å². The number of carbonyl (C=O) groups is 2. The number of esters is 1. The van der Waals surface area contributed by atoms with E-state index in [0.29, 0.717) is 18.3 Å². The molecule has 5 aliphatic carbocycles. The monoisotopic (exact) mass is 500 g/mol. The first-order valence-corrected chi connectivity index (χ1v) is 14.3. The number of carbonyl (C=O) groups excluding carboxylic acids is 2. The molecule has 0 aliphatic heterocycles. The Labute approximate surface area is 217 Å². The molecule has 0 spiro atoms. The van der Waals surface area contributed by atoms with Gasteiger partial charge in [0.2, 0.25) is 0 Å². The molecule has 0 aromatic carbocycles. The fourth-order valence-electron chi connectivity index (χ4n) is 10.7. The normalized spacial score (nSPS) is 54.4. The summed E-state index contributed by atoms with van der Waals surface area (Å²) in [6.07, 6.45) is 9.65. The van der Waals surface area contributed by atoms with Crippen molar-refractivity contribution in [3.63, 3.8) is 0 Å². The van der Waals surface area contributed by atoms with Gasteiger partial charge in [0.1, 0.15) is 5.78 Å². The molecule has 0 radical (unpaired) electrons. The van der Waals surface area contributed by atoms with Gasteiger partial charge in [-0.05, 0) is 92.3 Å². The summed E-state index contributed by atoms with van der Waals surface area (Å²) in [7, 11) is 1.43. The van der Waals surface area contributed by atoms with Gasteiger partial charge in [-0.3, -0.25) is 9.59 Å². The zero-order chi connectivity index (χ0) is 26.5. The molecule has 202 valence electrons. The maximum absolute atomic E-state index is 13.6. The van der Waals surface area contributed by atoms with E-state index in [-0.39, 0.29) is 46.9 Å². The van der Waals surface area contributed by atoms with Gasteiger partial charge in [0.25, 0.3) is 0 Å². The summed E-state index contributed by atoms with van der Waals surface area (Å²) in [6, 6.07) is 0. The van der Waals surface area contributed by atoms with E-state index in [1.54, 1.807) is 0 Å². The lowest BCUT2D eigenvalue weighted by molar-refractivity contribution is -0.215. The van der Waals surface area contributed by atoms with Crippen LogP contribution in [-0.4, -0.2) is 41.8 Å². The molecule has 10 atom stereocenters. The van der Waals surface area contributed by atoms with E-state index >= 15 is 0 Å². The number of hydrogen-bond donors (Lipinski definition) is 2. The number of methoxy groups -OCH3 is 1. The molecule has 2 N–H and O–H groups in total. The minimum atomic E-state index is -0.765. The summed E-state index contributed by atoms with van der Waals surface area (Å²) >= 11 is 0. The molecule has 4 saturated carbocycles. The quantitative estimate of drug-likeness (QED) is 0.388. The summed E-state index contributed by atoms with van der Waals surface area (Å²) in [5.74, 6) is 0.788. The van der Waals surface area contributed by atoms with E-state index in [1.807, 2.05) is 6.92 Å². The van der Waals surface area contributed by atoms with Crippen LogP contribution in [0.5, 0.6) is 0 Å². The largest absolute Gasteiger partial charge is 0.469 e. The number of aliphatic hydroxyl groups is 2. The van der Waals surface area contributed by atoms with E-state index in [4.69, 9.17) is 4.74 Å². The molecular weight excluding hydrogens is 452 g/mol. The van der Waals surface area contributed by atoms with Crippen LogP contribution in [0.25, 0.3) is 0 Å². The summed E-state index contributed by atoms with van der Waals surface area (Å²) in [5.41, 5.74) is -0.118. The Bertz CT molecular complexity index is 1000. The maximum Gasteiger partial charge on any atom is 0.311 e. The highest BCUT2D eigenvalue weighted by Gasteiger charge is 2.69. The lowest BCUT2D eigenvalue weighted by Crippen LogP contribution is -2.66. The summed E-state index contributed by atoms with van der Waals surface area (Å²) in [6.45, 7) is 13.6. The molecule has 5 aliphatic rings. The third kappa shape index (κ3) is 3.02. The second-order valence-corrected chi connectivity index (χ2v) is 14.8. The lowest BCUT2D eigenvalue weighted by atomic mass is 9.33. The topological polar surface area (TPSA) is 83.8 Å². The van der Waals surface area contributed by atoms with Crippen molar-refractivity contribution in [3.8, 4) is 0 Å². The van der Waals surface area contributed by atoms with Gasteiger partial charge < -0.3 is 14.9 Å². The average molecular weight is 501 g/mol. The maximum atomic E-state index is 13.6. The van der Waals surface area contributed by atoms with Gasteiger partial charge in [0.05, 0.1) is 25.2 Å². The molecule has 36 heavy (non-hydrogen) atoms. The zero-order valence-electron chi connectivity index (χ0n) is 23.6. The molecule has 0 heterocycles. The molecule has 4 fully saturated rings. The van der Waals surface area contributed by atoms with Gasteiger partial charge in [-0.2, -0.15) is 0 Å². The average Bonchev–Trinajstić information content (AvgIpc) is 2.83. The Hall–Kier alpha value is -1.20. The first-order chi connectivity index (χ1) is 16.7. The van der Waals surface area contributed by atoms with E-state index in [0.717, 1.165) is 44.9 Å². The summed E-state index contributed by atoms with van der Waals surface area (Å²) in [4.78, 5) is 26.4. The molecule has 0 saturated heterocycles. The Morgan fingerprint density at radius 3 is 2.36 bits per heavy atom. The molecule has 5 nitrogen and oxygen atoms in total. The van der Waals surface area contributed by atoms with Crippen molar-refractivity contribution in [3.05, 3.63) is 11.6 Å². The van der Waals surface area contributed by atoms with Gasteiger partial charge >= 0.3 is 5.97 Å². The fourth-order valence-corrected chi connectivity index (χ4v) is 10.7. The molecule has 0 aromatic heterocycles. The molecule has 0 amide bonds. The summed E-state index contributed by atoms with van der Waals surface area (Å²) in [5, 5.41) is 21.4. The molecule has 0 bridgehead atoms. The number of ketones is 1. The molecular formula is C31H48O5. The van der Waals surface area contributed by atoms with Crippen molar-refractivity contribution >= 4 is 11.8 Å². The second kappa shape index (κ2) is 7.91. The van der Waals surface area contributed by atoms with Crippen LogP contribution in [0.4, 0.5) is 0 Å². The zero-order valence-corrected chi connectivity index (χ0v) is 23.6. The van der Waals surface area contributed by atoms with Crippen molar-refractivity contribution in [1.29, 1.82) is 0 Å². The van der Waals surface area contributed by atoms with Gasteiger partial charge in [-0.25, -0.2) is 0 Å². The molecule has 10 unspecified atom stereocenters. The van der Waals surface area contributed by atoms with Crippen LogP contribution < -0.4 is 0 Å². The number of Topliss-reactive ketones (excluding diaryl/α,β-unsaturated/α-hetero) is 1. The van der Waals surface area contributed by atoms with Crippen LogP contribution >= 0.6 is 0 Å². The lowest BCUT2D eigenvalue weighted by Gasteiger charge is -2.71. The molecule has 0 aromatic rings. The summed E-state index contributed by atoms with van der Waals surface area (Å²) < 4.78 is 5.18. The fraction of sp³-hybridized carbons (Fsp3) is 0.871. The highest BCUT2D eigenvalue weighted by Crippen LogP contribution is 2.75. The number of aliphatic hydroxyl groups excluding tert-OH is 2. The number of allylic oxidation sites excluding steroid dienone is 2. The van der Waals surface area contributed by atoms with Crippen molar-refractivity contribution in [2.75, 3.05) is 13.7 Å². The molecule has 5 heteroatoms. The highest BCUT2D eigenvalue weighted by atomic mass is 16.5. The number of hydrogen-bond acceptors (Lipinski definition) is 5. The number of rotatable bonds is 2. The Morgan fingerprint density at radius 2 is 1.72 bits per heavy atom. The van der Waals surface area contributed by atoms with Crippen LogP contribution in [0, 0.1) is 50.2 Å². The van der Waals surface area contributed by atoms with Crippen LogP contribution in [0.1, 0.15) is 99.3 Å². The van der Waals surface area contributed by atoms with Gasteiger partial charge in [-0.15, -0.1) is 0 Å². The van der Waals surface area contributed by atoms with Crippen molar-refractivity contribution in [2.24, 2.45) is 50.2 Å². The van der Waals surface area contributed by atoms with E-state index in [9.17, 15) is 19.8 Å². The third-order valence-corrected chi connectivity index (χ3v) is 13.4. The minimum Gasteiger partial charge on any atom is -0.469 e. The van der Waals surface area contributed by atoms with E-state index in [2.05, 4.69) is 40.7 Å². The van der Waals surface area contributed by atoms with Crippen molar-refractivity contribution in [2.45, 2.75) is 105 Å². The van der Waals surface area contributed by atoms with Gasteiger partial charge in [-0.1, -0.05) is 46.3 Å². The Balaban J connectivity index is 1.58. The molecule has 5 rings (SSSR count). The highest BCUT2D eigenvalue weighted by molar-refractivity contribution is 5.92. The van der Waals surface area contributed by atoms with Crippen LogP contribution in [0.2, 0.25) is 0 Å². The number of fused-ring (bicyclic) bond motifs is 7. The SMILES string of the molecule is COC(=O)C1(C)CC(=O)C2(C)CCC3(C)C(=CCC4C5(C)CCC(O)C(C)(CO)C5CCC43C)C2C1. The first kappa shape index (κ1) is 26.4. The van der Waals surface area contributed by atoms with Crippen molar-refractivity contribution in [1.82, 2.24) is 0 Å². The van der Waals surface area contributed by atoms with Crippen molar-refractivity contribution < 1.29 is 24.5 Å². The van der Waals surface area contributed by atoms with Gasteiger partial charge in [0, 0.05) is 17.3 Å². The Morgan fingerprint density at radius 1 is 1.03 bits per heavy atom. The first-order valence-electron chi connectivity index (χ1n) is 14.3. The standard InChI is InChI=1S/C31H48O5/c1-26(25(35)36-7)16-20-19-8-9-22-28(3)12-11-23(33)29(4,18-32)21(28)10-13-31(22,6)30(19,5)15-14-27(20,2)24(34)17-26/h8,20-23,32-33H,9-18H2,1-7H3. The van der Waals surface area contributed by atoms with Crippen LogP contribution in [0.3, 0.4) is 0 Å². The van der Waals surface area contributed by atoms with Crippen LogP contribution in [-0.2, 0) is 14.3 Å². The third-order valence-electron chi connectivity index (χ3n) is 13.4. The predicted octanol–water partition coefficient (Wildman–Crippen LogP) is 5.47. The second-order valence-electron chi connectivity index (χ2n) is 14.8. The van der Waals surface area contributed by atoms with Crippen LogP contribution in [0.15, 0.2) is 11.6 Å². The minimum absolute atomic E-state index is 0.0326. The van der Waals surface area contributed by atoms with E-state index < -0.39 is 22.3 Å². The number of ether oxygens (including phenoxy) is 1. The Kier molecular flexibility index (Phi) is 5.80. The predicted molar refractivity (Wildman–Crippen MR) is 139 cm³/mol. The smallest absolute Gasteiger partial charge is 0.311 e.